The van der Waals surface area contributed by atoms with E-state index in [9.17, 15) is 0 Å². The molecule has 0 spiro atoms. The molecule has 1 heterocycles. The van der Waals surface area contributed by atoms with Gasteiger partial charge in [-0.1, -0.05) is 48.8 Å². The average molecular weight is 353 g/mol. The Hall–Kier alpha value is -0.710. The molecule has 1 aromatic heterocycles. The molecule has 4 heteroatoms. The molecule has 0 unspecified atom stereocenters. The zero-order valence-electron chi connectivity index (χ0n) is 12.2. The van der Waals surface area contributed by atoms with Crippen molar-refractivity contribution in [1.29, 1.82) is 0 Å². The molecule has 1 aromatic carbocycles. The molecule has 0 amide bonds. The van der Waals surface area contributed by atoms with Crippen molar-refractivity contribution >= 4 is 27.3 Å². The number of hydrogen-bond acceptors (Lipinski definition) is 3. The number of aryl methyl sites for hydroxylation is 1. The predicted octanol–water partition coefficient (Wildman–Crippen LogP) is 4.88. The predicted molar refractivity (Wildman–Crippen MR) is 91.2 cm³/mol. The maximum Gasteiger partial charge on any atom is 0.123 e. The fourth-order valence-electron chi connectivity index (χ4n) is 1.99. The molecule has 0 atom stereocenters. The summed E-state index contributed by atoms with van der Waals surface area (Å²) in [5, 5.41) is 4.63. The average Bonchev–Trinajstić information content (AvgIpc) is 2.82. The van der Waals surface area contributed by atoms with Crippen LogP contribution in [-0.4, -0.2) is 11.5 Å². The maximum absolute atomic E-state index is 4.79. The van der Waals surface area contributed by atoms with E-state index in [-0.39, 0.29) is 0 Å². The molecule has 2 nitrogen and oxygen atoms in total. The van der Waals surface area contributed by atoms with E-state index in [0.29, 0.717) is 5.92 Å². The second-order valence-electron chi connectivity index (χ2n) is 5.27. The summed E-state index contributed by atoms with van der Waals surface area (Å²) in [5.74, 6) is 0.680. The van der Waals surface area contributed by atoms with Gasteiger partial charge >= 0.3 is 0 Å². The molecule has 2 rings (SSSR count). The van der Waals surface area contributed by atoms with Crippen molar-refractivity contribution in [3.05, 3.63) is 39.3 Å². The van der Waals surface area contributed by atoms with Gasteiger partial charge in [-0.15, -0.1) is 11.3 Å². The van der Waals surface area contributed by atoms with Crippen LogP contribution in [0, 0.1) is 5.92 Å². The summed E-state index contributed by atoms with van der Waals surface area (Å²) in [7, 11) is 0. The number of nitrogens with zero attached hydrogens (tertiary/aromatic N) is 1. The minimum absolute atomic E-state index is 0.680. The molecule has 0 radical (unpaired) electrons. The zero-order valence-corrected chi connectivity index (χ0v) is 14.6. The first-order valence-electron chi connectivity index (χ1n) is 7.05. The van der Waals surface area contributed by atoms with E-state index < -0.39 is 0 Å². The number of benzene rings is 1. The molecular weight excluding hydrogens is 332 g/mol. The van der Waals surface area contributed by atoms with Crippen molar-refractivity contribution < 1.29 is 0 Å². The van der Waals surface area contributed by atoms with Gasteiger partial charge in [-0.05, 0) is 31.0 Å². The van der Waals surface area contributed by atoms with Gasteiger partial charge < -0.3 is 5.32 Å². The van der Waals surface area contributed by atoms with E-state index in [1.54, 1.807) is 11.3 Å². The fourth-order valence-corrected chi connectivity index (χ4v) is 3.38. The van der Waals surface area contributed by atoms with Gasteiger partial charge in [0.15, 0.2) is 0 Å². The second-order valence-corrected chi connectivity index (χ2v) is 7.27. The highest BCUT2D eigenvalue weighted by Gasteiger charge is 2.11. The van der Waals surface area contributed by atoms with Crippen LogP contribution in [0.1, 0.15) is 31.3 Å². The Morgan fingerprint density at radius 2 is 1.95 bits per heavy atom. The third-order valence-corrected chi connectivity index (χ3v) is 4.72. The maximum atomic E-state index is 4.79. The van der Waals surface area contributed by atoms with Gasteiger partial charge in [0.05, 0.1) is 5.69 Å². The van der Waals surface area contributed by atoms with Crippen LogP contribution in [0.15, 0.2) is 28.7 Å². The molecule has 20 heavy (non-hydrogen) atoms. The van der Waals surface area contributed by atoms with Crippen molar-refractivity contribution in [3.8, 4) is 10.6 Å². The summed E-state index contributed by atoms with van der Waals surface area (Å²) in [6, 6.07) is 8.37. The highest BCUT2D eigenvalue weighted by atomic mass is 79.9. The Labute approximate surface area is 133 Å². The normalized spacial score (nSPS) is 11.2. The van der Waals surface area contributed by atoms with Crippen LogP contribution in [0.25, 0.3) is 10.6 Å². The lowest BCUT2D eigenvalue weighted by Gasteiger charge is -2.06. The Kier molecular flexibility index (Phi) is 5.75. The molecule has 108 valence electrons. The van der Waals surface area contributed by atoms with Crippen molar-refractivity contribution in [2.24, 2.45) is 5.92 Å². The van der Waals surface area contributed by atoms with Gasteiger partial charge in [0.2, 0.25) is 0 Å². The number of aromatic nitrogens is 1. The van der Waals surface area contributed by atoms with Gasteiger partial charge in [-0.2, -0.15) is 0 Å². The first kappa shape index (κ1) is 15.7. The molecule has 0 aliphatic heterocycles. The molecule has 1 N–H and O–H groups in total. The zero-order chi connectivity index (χ0) is 14.5. The van der Waals surface area contributed by atoms with E-state index in [1.807, 2.05) is 0 Å². The number of hydrogen-bond donors (Lipinski definition) is 1. The van der Waals surface area contributed by atoms with Crippen LogP contribution in [-0.2, 0) is 13.0 Å². The van der Waals surface area contributed by atoms with Crippen LogP contribution in [0.2, 0.25) is 0 Å². The molecule has 0 fully saturated rings. The van der Waals surface area contributed by atoms with Gasteiger partial charge in [-0.25, -0.2) is 4.98 Å². The largest absolute Gasteiger partial charge is 0.312 e. The minimum Gasteiger partial charge on any atom is -0.312 e. The summed E-state index contributed by atoms with van der Waals surface area (Å²) in [6.07, 6.45) is 0.992. The summed E-state index contributed by atoms with van der Waals surface area (Å²) in [4.78, 5) is 6.16. The first-order chi connectivity index (χ1) is 9.60. The standard InChI is InChI=1S/C16H21BrN2S/c1-4-14-15(10-18-9-11(2)3)20-16(19-14)12-5-7-13(17)8-6-12/h5-8,11,18H,4,9-10H2,1-3H3. The van der Waals surface area contributed by atoms with Crippen molar-refractivity contribution in [2.75, 3.05) is 6.54 Å². The summed E-state index contributed by atoms with van der Waals surface area (Å²) in [6.45, 7) is 8.61. The Morgan fingerprint density at radius 1 is 1.25 bits per heavy atom. The number of rotatable bonds is 6. The van der Waals surface area contributed by atoms with E-state index in [4.69, 9.17) is 4.98 Å². The molecular formula is C16H21BrN2S. The van der Waals surface area contributed by atoms with Crippen molar-refractivity contribution in [2.45, 2.75) is 33.7 Å². The molecule has 0 saturated carbocycles. The Bertz CT molecular complexity index is 546. The smallest absolute Gasteiger partial charge is 0.123 e. The number of thiazole rings is 1. The monoisotopic (exact) mass is 352 g/mol. The summed E-state index contributed by atoms with van der Waals surface area (Å²) >= 11 is 5.28. The lowest BCUT2D eigenvalue weighted by Crippen LogP contribution is -2.18. The van der Waals surface area contributed by atoms with Crippen LogP contribution in [0.5, 0.6) is 0 Å². The van der Waals surface area contributed by atoms with Crippen LogP contribution in [0.3, 0.4) is 0 Å². The third kappa shape index (κ3) is 4.14. The van der Waals surface area contributed by atoms with Crippen LogP contribution in [0.4, 0.5) is 0 Å². The van der Waals surface area contributed by atoms with Crippen molar-refractivity contribution in [1.82, 2.24) is 10.3 Å². The van der Waals surface area contributed by atoms with Crippen LogP contribution < -0.4 is 5.32 Å². The quantitative estimate of drug-likeness (QED) is 0.801. The number of nitrogens with one attached hydrogen (secondary N) is 1. The molecule has 0 bridgehead atoms. The molecule has 2 aromatic rings. The summed E-state index contributed by atoms with van der Waals surface area (Å²) < 4.78 is 1.10. The van der Waals surface area contributed by atoms with Gasteiger partial charge in [-0.3, -0.25) is 0 Å². The van der Waals surface area contributed by atoms with Gasteiger partial charge in [0, 0.05) is 21.5 Å². The fraction of sp³-hybridized carbons (Fsp3) is 0.438. The Balaban J connectivity index is 2.15. The van der Waals surface area contributed by atoms with Gasteiger partial charge in [0.1, 0.15) is 5.01 Å². The highest BCUT2D eigenvalue weighted by molar-refractivity contribution is 9.10. The van der Waals surface area contributed by atoms with E-state index in [0.717, 1.165) is 29.0 Å². The Morgan fingerprint density at radius 3 is 2.55 bits per heavy atom. The lowest BCUT2D eigenvalue weighted by atomic mass is 10.2. The SMILES string of the molecule is CCc1nc(-c2ccc(Br)cc2)sc1CNCC(C)C. The molecule has 0 aliphatic carbocycles. The van der Waals surface area contributed by atoms with Gasteiger partial charge in [0.25, 0.3) is 0 Å². The second kappa shape index (κ2) is 7.34. The third-order valence-electron chi connectivity index (χ3n) is 3.04. The first-order valence-corrected chi connectivity index (χ1v) is 8.66. The number of halogens is 1. The summed E-state index contributed by atoms with van der Waals surface area (Å²) in [5.41, 5.74) is 2.42. The lowest BCUT2D eigenvalue weighted by molar-refractivity contribution is 0.553. The minimum atomic E-state index is 0.680. The van der Waals surface area contributed by atoms with E-state index >= 15 is 0 Å². The highest BCUT2D eigenvalue weighted by Crippen LogP contribution is 2.29. The van der Waals surface area contributed by atoms with Crippen molar-refractivity contribution in [3.63, 3.8) is 0 Å². The van der Waals surface area contributed by atoms with E-state index in [2.05, 4.69) is 66.3 Å². The van der Waals surface area contributed by atoms with E-state index in [1.165, 1.54) is 16.1 Å². The molecule has 0 saturated heterocycles. The topological polar surface area (TPSA) is 24.9 Å². The molecule has 0 aliphatic rings. The van der Waals surface area contributed by atoms with Crippen LogP contribution >= 0.6 is 27.3 Å².